The molecule has 1 aromatic heterocycles. The van der Waals surface area contributed by atoms with Crippen LogP contribution in [0.4, 0.5) is 10.3 Å². The molecule has 0 saturated carbocycles. The zero-order chi connectivity index (χ0) is 11.0. The topological polar surface area (TPSA) is 54.7 Å². The summed E-state index contributed by atoms with van der Waals surface area (Å²) in [4.78, 5) is 6.55. The molecule has 78 valence electrons. The Kier molecular flexibility index (Phi) is 2.54. The first-order valence-electron chi connectivity index (χ1n) is 4.03. The molecule has 0 aliphatic heterocycles. The number of benzene rings is 1. The van der Waals surface area contributed by atoms with Crippen LogP contribution in [0.25, 0.3) is 11.3 Å². The van der Waals surface area contributed by atoms with Gasteiger partial charge in [0.2, 0.25) is 0 Å². The van der Waals surface area contributed by atoms with E-state index in [4.69, 9.17) is 28.9 Å². The van der Waals surface area contributed by atoms with Crippen LogP contribution >= 0.6 is 23.2 Å². The molecule has 0 unspecified atom stereocenters. The van der Waals surface area contributed by atoms with Crippen LogP contribution in [0.1, 0.15) is 0 Å². The molecule has 0 bridgehead atoms. The van der Waals surface area contributed by atoms with E-state index in [9.17, 15) is 4.39 Å². The molecule has 0 aliphatic rings. The van der Waals surface area contributed by atoms with Gasteiger partial charge in [-0.3, -0.25) is 0 Å². The first kappa shape index (κ1) is 10.3. The Labute approximate surface area is 95.0 Å². The number of aromatic amines is 1. The molecule has 3 nitrogen and oxygen atoms in total. The van der Waals surface area contributed by atoms with Crippen LogP contribution in [0, 0.1) is 5.82 Å². The number of aromatic nitrogens is 2. The lowest BCUT2D eigenvalue weighted by Crippen LogP contribution is -1.87. The number of anilines is 1. The molecule has 0 amide bonds. The number of nitrogen functional groups attached to an aromatic ring is 1. The number of nitrogens with one attached hydrogen (secondary N) is 1. The lowest BCUT2D eigenvalue weighted by atomic mass is 10.1. The molecule has 0 radical (unpaired) electrons. The third-order valence-electron chi connectivity index (χ3n) is 1.90. The van der Waals surface area contributed by atoms with Crippen molar-refractivity contribution >= 4 is 29.2 Å². The molecule has 1 heterocycles. The van der Waals surface area contributed by atoms with E-state index in [1.165, 1.54) is 18.3 Å². The van der Waals surface area contributed by atoms with Crippen molar-refractivity contribution < 1.29 is 4.39 Å². The van der Waals surface area contributed by atoms with E-state index in [0.29, 0.717) is 16.3 Å². The van der Waals surface area contributed by atoms with Crippen LogP contribution in [0.5, 0.6) is 0 Å². The zero-order valence-corrected chi connectivity index (χ0v) is 8.90. The smallest absolute Gasteiger partial charge is 0.197 e. The van der Waals surface area contributed by atoms with Crippen LogP contribution < -0.4 is 5.73 Å². The fourth-order valence-electron chi connectivity index (χ4n) is 1.20. The zero-order valence-electron chi connectivity index (χ0n) is 7.39. The molecule has 0 fully saturated rings. The molecule has 0 atom stereocenters. The number of H-pyrrole nitrogens is 1. The Bertz CT molecular complexity index is 510. The number of hydrogen-bond acceptors (Lipinski definition) is 2. The average molecular weight is 246 g/mol. The maximum Gasteiger partial charge on any atom is 0.197 e. The highest BCUT2D eigenvalue weighted by atomic mass is 35.5. The monoisotopic (exact) mass is 245 g/mol. The van der Waals surface area contributed by atoms with Gasteiger partial charge in [-0.15, -0.1) is 0 Å². The summed E-state index contributed by atoms with van der Waals surface area (Å²) in [6, 6.07) is 2.57. The molecule has 15 heavy (non-hydrogen) atoms. The Morgan fingerprint density at radius 2 is 2.00 bits per heavy atom. The highest BCUT2D eigenvalue weighted by Crippen LogP contribution is 2.31. The number of rotatable bonds is 1. The van der Waals surface area contributed by atoms with Gasteiger partial charge in [0.15, 0.2) is 5.95 Å². The van der Waals surface area contributed by atoms with Gasteiger partial charge >= 0.3 is 0 Å². The van der Waals surface area contributed by atoms with Crippen molar-refractivity contribution in [3.8, 4) is 11.3 Å². The minimum Gasteiger partial charge on any atom is -0.369 e. The van der Waals surface area contributed by atoms with E-state index in [0.717, 1.165) is 0 Å². The number of halogens is 3. The van der Waals surface area contributed by atoms with E-state index in [1.54, 1.807) is 0 Å². The summed E-state index contributed by atoms with van der Waals surface area (Å²) in [6.07, 6.45) is 1.48. The maximum absolute atomic E-state index is 13.2. The van der Waals surface area contributed by atoms with Crippen molar-refractivity contribution in [1.29, 1.82) is 0 Å². The van der Waals surface area contributed by atoms with Gasteiger partial charge in [0.05, 0.1) is 21.9 Å². The van der Waals surface area contributed by atoms with Crippen molar-refractivity contribution in [2.24, 2.45) is 0 Å². The summed E-state index contributed by atoms with van der Waals surface area (Å²) >= 11 is 11.5. The van der Waals surface area contributed by atoms with Crippen LogP contribution in [0.3, 0.4) is 0 Å². The van der Waals surface area contributed by atoms with Gasteiger partial charge < -0.3 is 10.7 Å². The van der Waals surface area contributed by atoms with Crippen molar-refractivity contribution in [3.05, 3.63) is 34.2 Å². The number of imidazole rings is 1. The van der Waals surface area contributed by atoms with Gasteiger partial charge in [-0.05, 0) is 12.1 Å². The first-order valence-corrected chi connectivity index (χ1v) is 4.79. The fourth-order valence-corrected chi connectivity index (χ4v) is 1.69. The van der Waals surface area contributed by atoms with Gasteiger partial charge in [0, 0.05) is 5.56 Å². The molecule has 1 aromatic carbocycles. The van der Waals surface area contributed by atoms with E-state index in [2.05, 4.69) is 9.97 Å². The summed E-state index contributed by atoms with van der Waals surface area (Å²) in [5, 5.41) is 0.321. The van der Waals surface area contributed by atoms with E-state index in [1.807, 2.05) is 0 Å². The van der Waals surface area contributed by atoms with Gasteiger partial charge in [0.25, 0.3) is 0 Å². The quantitative estimate of drug-likeness (QED) is 0.759. The normalized spacial score (nSPS) is 10.6. The second-order valence-corrected chi connectivity index (χ2v) is 3.74. The number of hydrogen-bond donors (Lipinski definition) is 2. The Morgan fingerprint density at radius 1 is 1.27 bits per heavy atom. The molecule has 3 N–H and O–H groups in total. The van der Waals surface area contributed by atoms with E-state index < -0.39 is 5.82 Å². The number of nitrogens with two attached hydrogens (primary N) is 1. The second kappa shape index (κ2) is 3.72. The largest absolute Gasteiger partial charge is 0.369 e. The predicted octanol–water partition coefficient (Wildman–Crippen LogP) is 3.10. The predicted molar refractivity (Wildman–Crippen MR) is 58.4 cm³/mol. The summed E-state index contributed by atoms with van der Waals surface area (Å²) in [7, 11) is 0. The van der Waals surface area contributed by atoms with E-state index in [-0.39, 0.29) is 11.0 Å². The Balaban J connectivity index is 2.58. The molecule has 0 aliphatic carbocycles. The van der Waals surface area contributed by atoms with Gasteiger partial charge in [0.1, 0.15) is 5.82 Å². The van der Waals surface area contributed by atoms with Crippen molar-refractivity contribution in [3.63, 3.8) is 0 Å². The Morgan fingerprint density at radius 3 is 2.60 bits per heavy atom. The highest BCUT2D eigenvalue weighted by Gasteiger charge is 2.10. The molecule has 2 aromatic rings. The molecular weight excluding hydrogens is 240 g/mol. The van der Waals surface area contributed by atoms with Crippen molar-refractivity contribution in [1.82, 2.24) is 9.97 Å². The average Bonchev–Trinajstić information content (AvgIpc) is 2.58. The minimum atomic E-state index is -0.538. The summed E-state index contributed by atoms with van der Waals surface area (Å²) in [5.41, 5.74) is 6.43. The summed E-state index contributed by atoms with van der Waals surface area (Å²) < 4.78 is 13.2. The van der Waals surface area contributed by atoms with Gasteiger partial charge in [-0.25, -0.2) is 9.37 Å². The summed E-state index contributed by atoms with van der Waals surface area (Å²) in [6.45, 7) is 0. The third kappa shape index (κ3) is 1.91. The molecule has 0 saturated heterocycles. The van der Waals surface area contributed by atoms with Crippen LogP contribution in [-0.4, -0.2) is 9.97 Å². The molecule has 6 heteroatoms. The number of nitrogens with zero attached hydrogens (tertiary/aromatic N) is 1. The van der Waals surface area contributed by atoms with Crippen LogP contribution in [0.15, 0.2) is 18.3 Å². The standard InChI is InChI=1S/C9H6Cl2FN3/c10-5-2-6(11)7(12)1-4(5)8-3-14-9(13)15-8/h1-3H,(H3,13,14,15). The highest BCUT2D eigenvalue weighted by molar-refractivity contribution is 6.36. The lowest BCUT2D eigenvalue weighted by molar-refractivity contribution is 0.629. The lowest BCUT2D eigenvalue weighted by Gasteiger charge is -2.02. The molecular formula is C9H6Cl2FN3. The van der Waals surface area contributed by atoms with Crippen molar-refractivity contribution in [2.75, 3.05) is 5.73 Å². The fraction of sp³-hybridized carbons (Fsp3) is 0. The third-order valence-corrected chi connectivity index (χ3v) is 2.50. The van der Waals surface area contributed by atoms with Crippen LogP contribution in [0.2, 0.25) is 10.0 Å². The first-order chi connectivity index (χ1) is 7.08. The maximum atomic E-state index is 13.2. The van der Waals surface area contributed by atoms with Crippen molar-refractivity contribution in [2.45, 2.75) is 0 Å². The molecule has 0 spiro atoms. The Hall–Kier alpha value is -1.26. The van der Waals surface area contributed by atoms with Gasteiger partial charge in [-0.1, -0.05) is 23.2 Å². The summed E-state index contributed by atoms with van der Waals surface area (Å²) in [5.74, 6) is -0.291. The molecule has 2 rings (SSSR count). The second-order valence-electron chi connectivity index (χ2n) is 2.93. The van der Waals surface area contributed by atoms with E-state index >= 15 is 0 Å². The minimum absolute atomic E-state index is 0.0174. The van der Waals surface area contributed by atoms with Crippen LogP contribution in [-0.2, 0) is 0 Å². The van der Waals surface area contributed by atoms with Gasteiger partial charge in [-0.2, -0.15) is 0 Å². The SMILES string of the molecule is Nc1ncc(-c2cc(F)c(Cl)cc2Cl)[nH]1.